The molecule has 160 valence electrons. The van der Waals surface area contributed by atoms with Crippen LogP contribution in [0.5, 0.6) is 0 Å². The van der Waals surface area contributed by atoms with Crippen molar-refractivity contribution in [2.45, 2.75) is 39.5 Å². The summed E-state index contributed by atoms with van der Waals surface area (Å²) in [6, 6.07) is 0. The van der Waals surface area contributed by atoms with E-state index in [0.717, 1.165) is 11.1 Å². The molecule has 0 aliphatic heterocycles. The molecule has 0 radical (unpaired) electrons. The molecule has 0 heterocycles. The van der Waals surface area contributed by atoms with Crippen molar-refractivity contribution in [1.82, 2.24) is 18.5 Å². The van der Waals surface area contributed by atoms with Gasteiger partial charge in [0.1, 0.15) is 15.2 Å². The van der Waals surface area contributed by atoms with Crippen molar-refractivity contribution < 1.29 is 37.0 Å². The van der Waals surface area contributed by atoms with Crippen molar-refractivity contribution in [2.24, 2.45) is 0 Å². The molecule has 0 aromatic rings. The van der Waals surface area contributed by atoms with Crippen molar-refractivity contribution in [1.29, 1.82) is 0 Å². The Bertz CT molecular complexity index is 538. The highest BCUT2D eigenvalue weighted by Crippen LogP contribution is 2.62. The van der Waals surface area contributed by atoms with E-state index in [-0.39, 0.29) is 31.3 Å². The molecule has 26 heavy (non-hydrogen) atoms. The summed E-state index contributed by atoms with van der Waals surface area (Å²) < 4.78 is 42.4. The molecule has 0 rings (SSSR count). The van der Waals surface area contributed by atoms with Crippen LogP contribution in [0, 0.1) is 0 Å². The molecule has 2 unspecified atom stereocenters. The lowest BCUT2D eigenvalue weighted by atomic mass is 10.2. The van der Waals surface area contributed by atoms with Crippen LogP contribution in [0.25, 0.3) is 0 Å². The monoisotopic (exact) mass is 441 g/mol. The maximum absolute atomic E-state index is 11.5. The van der Waals surface area contributed by atoms with Crippen molar-refractivity contribution in [3.63, 3.8) is 0 Å². The average Bonchev–Trinajstić information content (AvgIpc) is 2.22. The first-order valence-electron chi connectivity index (χ1n) is 6.87. The zero-order chi connectivity index (χ0) is 18.3. The van der Waals surface area contributed by atoms with Crippen molar-refractivity contribution in [3.05, 3.63) is 24.3 Å². The fourth-order valence-corrected chi connectivity index (χ4v) is 6.12. The number of quaternary nitrogens is 3. The van der Waals surface area contributed by atoms with E-state index in [2.05, 4.69) is 21.8 Å². The molecule has 0 saturated carbocycles. The minimum atomic E-state index is -5.51. The molecule has 0 amide bonds. The summed E-state index contributed by atoms with van der Waals surface area (Å²) in [5.74, 6) is 0. The van der Waals surface area contributed by atoms with Gasteiger partial charge in [0.25, 0.3) is 7.82 Å². The third-order valence-corrected chi connectivity index (χ3v) is 7.84. The third-order valence-electron chi connectivity index (χ3n) is 2.52. The molecule has 14 heteroatoms. The Labute approximate surface area is 155 Å². The van der Waals surface area contributed by atoms with Gasteiger partial charge >= 0.3 is 0 Å². The van der Waals surface area contributed by atoms with E-state index in [1.165, 1.54) is 0 Å². The van der Waals surface area contributed by atoms with E-state index in [9.17, 15) is 28.4 Å². The van der Waals surface area contributed by atoms with E-state index in [0.29, 0.717) is 12.8 Å². The van der Waals surface area contributed by atoms with Crippen LogP contribution in [0.4, 0.5) is 0 Å². The lowest BCUT2D eigenvalue weighted by molar-refractivity contribution is -0.235. The molecule has 0 aromatic heterocycles. The Kier molecular flexibility index (Phi) is 17.9. The number of allylic oxidation sites excluding steroid dienone is 2. The van der Waals surface area contributed by atoms with Crippen molar-refractivity contribution in [3.8, 4) is 0 Å². The minimum absolute atomic E-state index is 0. The summed E-state index contributed by atoms with van der Waals surface area (Å²) in [7, 11) is -15.0. The van der Waals surface area contributed by atoms with Gasteiger partial charge < -0.3 is 42.3 Å². The second-order valence-electron chi connectivity index (χ2n) is 5.40. The largest absolute Gasteiger partial charge is 0.778 e. The zero-order valence-electron chi connectivity index (χ0n) is 16.3. The molecule has 0 fully saturated rings. The molecule has 12 N–H and O–H groups in total. The van der Waals surface area contributed by atoms with Gasteiger partial charge in [-0.1, -0.05) is 11.1 Å². The fraction of sp³-hybridized carbons (Fsp3) is 0.667. The Morgan fingerprint density at radius 2 is 1.04 bits per heavy atom. The maximum Gasteiger partial charge on any atom is 0.277 e. The molecule has 0 aliphatic carbocycles. The first-order valence-corrected chi connectivity index (χ1v) is 11.8. The zero-order valence-corrected chi connectivity index (χ0v) is 18.9. The average molecular weight is 441 g/mol. The lowest BCUT2D eigenvalue weighted by Crippen LogP contribution is -2.16. The molecule has 0 spiro atoms. The predicted molar refractivity (Wildman–Crippen MR) is 101 cm³/mol. The number of hydrogen-bond acceptors (Lipinski definition) is 8. The fourth-order valence-electron chi connectivity index (χ4n) is 1.55. The summed E-state index contributed by atoms with van der Waals surface area (Å²) in [5, 5.41) is 0. The maximum atomic E-state index is 11.5. The highest BCUT2D eigenvalue weighted by Gasteiger charge is 2.23. The summed E-state index contributed by atoms with van der Waals surface area (Å²) in [6.45, 7) is 10.5. The van der Waals surface area contributed by atoms with Gasteiger partial charge in [0.15, 0.2) is 0 Å². The normalized spacial score (nSPS) is 17.1. The summed E-state index contributed by atoms with van der Waals surface area (Å²) in [6.07, 6.45) is -0.142. The van der Waals surface area contributed by atoms with Crippen molar-refractivity contribution in [2.75, 3.05) is 12.3 Å². The van der Waals surface area contributed by atoms with Gasteiger partial charge in [0.05, 0.1) is 0 Å². The second kappa shape index (κ2) is 13.9. The molecular weight excluding hydrogens is 407 g/mol. The second-order valence-corrected chi connectivity index (χ2v) is 10.9. The van der Waals surface area contributed by atoms with Gasteiger partial charge in [-0.25, -0.2) is 0 Å². The highest BCUT2D eigenvalue weighted by atomic mass is 31.3. The van der Waals surface area contributed by atoms with Gasteiger partial charge in [-0.15, -0.1) is 13.2 Å². The third kappa shape index (κ3) is 18.6. The standard InChI is InChI=1S/C12H25O8P3.3H3N/c1-11(2)7-5-9-21(13,14)19-23(17,18)20-22(15,16)10-6-8-12(3)4;;;/h1,3,5-10H2,2,4H3,(H,13,14)(H,15,16)(H,17,18);3*1H3. The van der Waals surface area contributed by atoms with Crippen LogP contribution in [-0.4, -0.2) is 12.3 Å². The quantitative estimate of drug-likeness (QED) is 0.298. The lowest BCUT2D eigenvalue weighted by Gasteiger charge is -2.35. The van der Waals surface area contributed by atoms with Crippen LogP contribution in [0.15, 0.2) is 24.3 Å². The van der Waals surface area contributed by atoms with E-state index in [1.54, 1.807) is 13.8 Å². The molecule has 0 bridgehead atoms. The van der Waals surface area contributed by atoms with Gasteiger partial charge in [0.2, 0.25) is 0 Å². The molecule has 11 nitrogen and oxygen atoms in total. The Balaban J connectivity index is -0.000000807. The first-order chi connectivity index (χ1) is 10.2. The van der Waals surface area contributed by atoms with Crippen LogP contribution < -0.4 is 33.1 Å². The van der Waals surface area contributed by atoms with Gasteiger partial charge in [-0.3, -0.25) is 13.2 Å². The predicted octanol–water partition coefficient (Wildman–Crippen LogP) is 3.44. The van der Waals surface area contributed by atoms with Gasteiger partial charge in [0, 0.05) is 12.3 Å². The smallest absolute Gasteiger partial charge is 0.277 e. The summed E-state index contributed by atoms with van der Waals surface area (Å²) in [4.78, 5) is 34.5. The Morgan fingerprint density at radius 1 is 0.769 bits per heavy atom. The van der Waals surface area contributed by atoms with Gasteiger partial charge in [-0.05, 0) is 39.5 Å². The molecule has 0 saturated heterocycles. The van der Waals surface area contributed by atoms with Crippen LogP contribution >= 0.6 is 23.0 Å². The molecule has 0 aromatic carbocycles. The van der Waals surface area contributed by atoms with E-state index < -0.39 is 35.3 Å². The minimum Gasteiger partial charge on any atom is -0.778 e. The van der Waals surface area contributed by atoms with Gasteiger partial charge in [-0.2, -0.15) is 0 Å². The van der Waals surface area contributed by atoms with E-state index in [4.69, 9.17) is 0 Å². The highest BCUT2D eigenvalue weighted by molar-refractivity contribution is 7.68. The Hall–Kier alpha value is -0.150. The first kappa shape index (κ1) is 33.4. The van der Waals surface area contributed by atoms with E-state index >= 15 is 0 Å². The summed E-state index contributed by atoms with van der Waals surface area (Å²) in [5.41, 5.74) is 1.46. The number of rotatable bonds is 12. The SMILES string of the molecule is C=C(C)CCCP(=O)([O-])OP(=O)([O-])OP(=O)([O-])CCCC(=C)C.[NH4+].[NH4+].[NH4+]. The molecule has 0 aliphatic rings. The molecule has 2 atom stereocenters. The van der Waals surface area contributed by atoms with Crippen LogP contribution in [0.3, 0.4) is 0 Å². The van der Waals surface area contributed by atoms with E-state index in [1.807, 2.05) is 0 Å². The topological polar surface area (TPSA) is 248 Å². The van der Waals surface area contributed by atoms with Crippen LogP contribution in [0.2, 0.25) is 0 Å². The number of hydrogen-bond donors (Lipinski definition) is 3. The van der Waals surface area contributed by atoms with Crippen LogP contribution in [-0.2, 0) is 22.3 Å². The van der Waals surface area contributed by atoms with Crippen molar-refractivity contribution >= 4 is 23.0 Å². The van der Waals surface area contributed by atoms with Crippen LogP contribution in [0.1, 0.15) is 39.5 Å². The number of phosphoric acid groups is 1. The molecular formula is C12H34N3O8P3. The summed E-state index contributed by atoms with van der Waals surface area (Å²) >= 11 is 0. The Morgan fingerprint density at radius 3 is 1.27 bits per heavy atom.